The summed E-state index contributed by atoms with van der Waals surface area (Å²) in [5.74, 6) is 0.203. The lowest BCUT2D eigenvalue weighted by atomic mass is 10.0. The third-order valence-electron chi connectivity index (χ3n) is 4.59. The summed E-state index contributed by atoms with van der Waals surface area (Å²) in [6.07, 6.45) is -2.65. The van der Waals surface area contributed by atoms with E-state index in [1.165, 1.54) is 17.4 Å². The van der Waals surface area contributed by atoms with Crippen LogP contribution in [0.1, 0.15) is 33.0 Å². The summed E-state index contributed by atoms with van der Waals surface area (Å²) in [6, 6.07) is 10.7. The van der Waals surface area contributed by atoms with Crippen LogP contribution in [0, 0.1) is 6.92 Å². The maximum Gasteiger partial charge on any atom is 0.422 e. The molecular weight excluding hydrogens is 389 g/mol. The molecule has 0 atom stereocenters. The molecule has 1 aliphatic heterocycles. The van der Waals surface area contributed by atoms with Crippen molar-refractivity contribution in [3.63, 3.8) is 0 Å². The molecule has 1 saturated heterocycles. The number of aryl methyl sites for hydroxylation is 1. The molecule has 0 spiro atoms. The predicted octanol–water partition coefficient (Wildman–Crippen LogP) is 4.39. The van der Waals surface area contributed by atoms with Crippen molar-refractivity contribution in [3.8, 4) is 5.75 Å². The monoisotopic (exact) mass is 412 g/mol. The van der Waals surface area contributed by atoms with Crippen LogP contribution in [0.3, 0.4) is 0 Å². The number of ether oxygens (including phenoxy) is 1. The molecule has 28 heavy (non-hydrogen) atoms. The number of hydrogen-bond acceptors (Lipinski definition) is 4. The number of halogens is 3. The van der Waals surface area contributed by atoms with Crippen molar-refractivity contribution in [1.82, 2.24) is 10.2 Å². The van der Waals surface area contributed by atoms with Gasteiger partial charge in [0, 0.05) is 30.6 Å². The zero-order valence-electron chi connectivity index (χ0n) is 15.6. The molecule has 1 N–H and O–H groups in total. The molecule has 2 aromatic rings. The number of nitrogens with one attached hydrogen (secondary N) is 1. The fourth-order valence-electron chi connectivity index (χ4n) is 3.21. The van der Waals surface area contributed by atoms with E-state index in [4.69, 9.17) is 4.74 Å². The largest absolute Gasteiger partial charge is 0.484 e. The minimum atomic E-state index is -4.34. The third kappa shape index (κ3) is 6.24. The number of nitrogens with zero attached hydrogens (tertiary/aromatic N) is 1. The topological polar surface area (TPSA) is 41.6 Å². The Morgan fingerprint density at radius 2 is 2.00 bits per heavy atom. The summed E-state index contributed by atoms with van der Waals surface area (Å²) < 4.78 is 41.7. The first kappa shape index (κ1) is 20.7. The second-order valence-corrected chi connectivity index (χ2v) is 8.27. The smallest absolute Gasteiger partial charge is 0.422 e. The number of thiophene rings is 1. The highest BCUT2D eigenvalue weighted by Gasteiger charge is 2.28. The molecule has 1 aromatic heterocycles. The Hall–Kier alpha value is -2.06. The van der Waals surface area contributed by atoms with Crippen molar-refractivity contribution in [2.24, 2.45) is 0 Å². The van der Waals surface area contributed by atoms with Gasteiger partial charge in [-0.15, -0.1) is 11.3 Å². The average molecular weight is 412 g/mol. The molecule has 1 aliphatic rings. The van der Waals surface area contributed by atoms with E-state index in [1.807, 2.05) is 25.1 Å². The van der Waals surface area contributed by atoms with Crippen molar-refractivity contribution in [2.75, 3.05) is 19.7 Å². The van der Waals surface area contributed by atoms with Gasteiger partial charge in [0.25, 0.3) is 5.91 Å². The SMILES string of the molecule is Cc1ccc(C(=O)NC2CCN(Cc3cccc(OCC(F)(F)F)c3)CC2)s1. The lowest BCUT2D eigenvalue weighted by Gasteiger charge is -2.32. The number of carbonyl (C=O) groups excluding carboxylic acids is 1. The van der Waals surface area contributed by atoms with Crippen LogP contribution < -0.4 is 10.1 Å². The first-order valence-corrected chi connectivity index (χ1v) is 9.98. The molecule has 0 unspecified atom stereocenters. The van der Waals surface area contributed by atoms with Gasteiger partial charge in [-0.3, -0.25) is 9.69 Å². The van der Waals surface area contributed by atoms with E-state index in [9.17, 15) is 18.0 Å². The van der Waals surface area contributed by atoms with Crippen LogP contribution in [0.5, 0.6) is 5.75 Å². The molecule has 2 heterocycles. The van der Waals surface area contributed by atoms with Crippen molar-refractivity contribution < 1.29 is 22.7 Å². The molecule has 0 aliphatic carbocycles. The Morgan fingerprint density at radius 1 is 1.25 bits per heavy atom. The van der Waals surface area contributed by atoms with E-state index < -0.39 is 12.8 Å². The molecule has 0 bridgehead atoms. The van der Waals surface area contributed by atoms with E-state index in [2.05, 4.69) is 10.2 Å². The molecular formula is C20H23F3N2O2S. The summed E-state index contributed by atoms with van der Waals surface area (Å²) in [6.45, 7) is 2.98. The fourth-order valence-corrected chi connectivity index (χ4v) is 3.98. The summed E-state index contributed by atoms with van der Waals surface area (Å²) in [5.41, 5.74) is 0.913. The fraction of sp³-hybridized carbons (Fsp3) is 0.450. The van der Waals surface area contributed by atoms with Gasteiger partial charge in [-0.1, -0.05) is 12.1 Å². The van der Waals surface area contributed by atoms with E-state index in [1.54, 1.807) is 12.1 Å². The van der Waals surface area contributed by atoms with Crippen LogP contribution in [-0.2, 0) is 6.54 Å². The van der Waals surface area contributed by atoms with Gasteiger partial charge in [-0.2, -0.15) is 13.2 Å². The van der Waals surface area contributed by atoms with Crippen LogP contribution in [-0.4, -0.2) is 42.7 Å². The Balaban J connectivity index is 1.46. The molecule has 1 amide bonds. The van der Waals surface area contributed by atoms with Gasteiger partial charge in [0.05, 0.1) is 4.88 Å². The van der Waals surface area contributed by atoms with E-state index in [-0.39, 0.29) is 17.7 Å². The normalized spacial score (nSPS) is 16.1. The summed E-state index contributed by atoms with van der Waals surface area (Å²) in [4.78, 5) is 16.3. The predicted molar refractivity (Wildman–Crippen MR) is 103 cm³/mol. The van der Waals surface area contributed by atoms with Gasteiger partial charge in [0.2, 0.25) is 0 Å². The number of hydrogen-bond donors (Lipinski definition) is 1. The van der Waals surface area contributed by atoms with Crippen LogP contribution in [0.4, 0.5) is 13.2 Å². The molecule has 3 rings (SSSR count). The van der Waals surface area contributed by atoms with Gasteiger partial charge in [0.15, 0.2) is 6.61 Å². The zero-order chi connectivity index (χ0) is 20.1. The lowest BCUT2D eigenvalue weighted by Crippen LogP contribution is -2.44. The molecule has 4 nitrogen and oxygen atoms in total. The third-order valence-corrected chi connectivity index (χ3v) is 5.59. The quantitative estimate of drug-likeness (QED) is 0.765. The Morgan fingerprint density at radius 3 is 2.64 bits per heavy atom. The maximum absolute atomic E-state index is 12.3. The average Bonchev–Trinajstić information content (AvgIpc) is 3.08. The van der Waals surface area contributed by atoms with Crippen molar-refractivity contribution in [2.45, 2.75) is 38.5 Å². The molecule has 1 aromatic carbocycles. The Labute approximate surface area is 166 Å². The van der Waals surface area contributed by atoms with Crippen LogP contribution >= 0.6 is 11.3 Å². The van der Waals surface area contributed by atoms with E-state index in [0.29, 0.717) is 6.54 Å². The van der Waals surface area contributed by atoms with Crippen molar-refractivity contribution in [1.29, 1.82) is 0 Å². The van der Waals surface area contributed by atoms with Gasteiger partial charge >= 0.3 is 6.18 Å². The standard InChI is InChI=1S/C20H23F3N2O2S/c1-14-5-6-18(28-14)19(26)24-16-7-9-25(10-8-16)12-15-3-2-4-17(11-15)27-13-20(21,22)23/h2-6,11,16H,7-10,12-13H2,1H3,(H,24,26). The highest BCUT2D eigenvalue weighted by atomic mass is 32.1. The Bertz CT molecular complexity index is 799. The number of rotatable bonds is 6. The highest BCUT2D eigenvalue weighted by molar-refractivity contribution is 7.13. The zero-order valence-corrected chi connectivity index (χ0v) is 16.4. The summed E-state index contributed by atoms with van der Waals surface area (Å²) in [7, 11) is 0. The van der Waals surface area contributed by atoms with Gasteiger partial charge in [-0.05, 0) is 49.6 Å². The molecule has 152 valence electrons. The Kier molecular flexibility index (Phi) is 6.61. The maximum atomic E-state index is 12.3. The van der Waals surface area contributed by atoms with Crippen LogP contribution in [0.2, 0.25) is 0 Å². The van der Waals surface area contributed by atoms with Gasteiger partial charge in [0.1, 0.15) is 5.75 Å². The molecule has 8 heteroatoms. The lowest BCUT2D eigenvalue weighted by molar-refractivity contribution is -0.153. The second kappa shape index (κ2) is 8.96. The van der Waals surface area contributed by atoms with E-state index >= 15 is 0 Å². The minimum absolute atomic E-state index is 0.0222. The number of likely N-dealkylation sites (tertiary alicyclic amines) is 1. The summed E-state index contributed by atoms with van der Waals surface area (Å²) in [5, 5.41) is 3.09. The number of piperidine rings is 1. The molecule has 1 fully saturated rings. The van der Waals surface area contributed by atoms with Crippen LogP contribution in [0.15, 0.2) is 36.4 Å². The summed E-state index contributed by atoms with van der Waals surface area (Å²) >= 11 is 1.49. The van der Waals surface area contributed by atoms with Crippen molar-refractivity contribution >= 4 is 17.2 Å². The number of carbonyl (C=O) groups is 1. The number of benzene rings is 1. The molecule has 0 radical (unpaired) electrons. The highest BCUT2D eigenvalue weighted by Crippen LogP contribution is 2.21. The van der Waals surface area contributed by atoms with Crippen LogP contribution in [0.25, 0.3) is 0 Å². The van der Waals surface area contributed by atoms with E-state index in [0.717, 1.165) is 41.2 Å². The first-order valence-electron chi connectivity index (χ1n) is 9.17. The van der Waals surface area contributed by atoms with Crippen molar-refractivity contribution in [3.05, 3.63) is 51.7 Å². The number of alkyl halides is 3. The number of amides is 1. The second-order valence-electron chi connectivity index (χ2n) is 6.99. The van der Waals surface area contributed by atoms with Gasteiger partial charge in [-0.25, -0.2) is 0 Å². The van der Waals surface area contributed by atoms with Gasteiger partial charge < -0.3 is 10.1 Å². The molecule has 0 saturated carbocycles. The minimum Gasteiger partial charge on any atom is -0.484 e. The first-order chi connectivity index (χ1) is 13.3.